The minimum atomic E-state index is -0.599. The van der Waals surface area contributed by atoms with Gasteiger partial charge in [-0.05, 0) is 5.56 Å². The zero-order chi connectivity index (χ0) is 14.3. The lowest BCUT2D eigenvalue weighted by Crippen LogP contribution is -2.38. The molecule has 0 aliphatic heterocycles. The Morgan fingerprint density at radius 1 is 1.32 bits per heavy atom. The monoisotopic (exact) mass is 260 g/mol. The topological polar surface area (TPSA) is 67.5 Å². The van der Waals surface area contributed by atoms with Gasteiger partial charge in [0.15, 0.2) is 0 Å². The van der Waals surface area contributed by atoms with Crippen molar-refractivity contribution in [3.63, 3.8) is 0 Å². The van der Waals surface area contributed by atoms with Crippen LogP contribution in [0.2, 0.25) is 0 Å². The highest BCUT2D eigenvalue weighted by Crippen LogP contribution is 2.23. The van der Waals surface area contributed by atoms with E-state index in [-0.39, 0.29) is 13.2 Å². The number of benzene rings is 1. The predicted octanol–water partition coefficient (Wildman–Crippen LogP) is 1.47. The van der Waals surface area contributed by atoms with Crippen LogP contribution >= 0.6 is 0 Å². The Hall–Kier alpha value is -1.83. The molecular weight excluding hydrogens is 240 g/mol. The van der Waals surface area contributed by atoms with Crippen molar-refractivity contribution in [1.82, 2.24) is 4.90 Å². The van der Waals surface area contributed by atoms with Gasteiger partial charge in [0.05, 0.1) is 25.0 Å². The summed E-state index contributed by atoms with van der Waals surface area (Å²) in [4.78, 5) is 1.88. The Kier molecular flexibility index (Phi) is 5.56. The number of nitriles is 1. The van der Waals surface area contributed by atoms with Crippen molar-refractivity contribution >= 4 is 5.70 Å². The Bertz CT molecular complexity index is 459. The number of rotatable bonds is 6. The molecule has 1 aromatic rings. The lowest BCUT2D eigenvalue weighted by Gasteiger charge is -2.32. The van der Waals surface area contributed by atoms with E-state index in [0.29, 0.717) is 6.54 Å². The van der Waals surface area contributed by atoms with E-state index in [1.54, 1.807) is 6.92 Å². The fourth-order valence-electron chi connectivity index (χ4n) is 1.89. The van der Waals surface area contributed by atoms with Gasteiger partial charge < -0.3 is 15.1 Å². The van der Waals surface area contributed by atoms with Crippen molar-refractivity contribution in [3.8, 4) is 6.07 Å². The highest BCUT2D eigenvalue weighted by atomic mass is 16.3. The van der Waals surface area contributed by atoms with Crippen molar-refractivity contribution in [1.29, 1.82) is 5.26 Å². The van der Waals surface area contributed by atoms with Gasteiger partial charge in [0.25, 0.3) is 0 Å². The van der Waals surface area contributed by atoms with E-state index in [1.807, 2.05) is 48.3 Å². The van der Waals surface area contributed by atoms with Crippen LogP contribution in [0, 0.1) is 16.7 Å². The summed E-state index contributed by atoms with van der Waals surface area (Å²) in [7, 11) is 1.85. The van der Waals surface area contributed by atoms with Crippen molar-refractivity contribution in [2.75, 3.05) is 26.8 Å². The second kappa shape index (κ2) is 6.93. The van der Waals surface area contributed by atoms with Crippen LogP contribution in [0.1, 0.15) is 12.5 Å². The summed E-state index contributed by atoms with van der Waals surface area (Å²) >= 11 is 0. The van der Waals surface area contributed by atoms with Gasteiger partial charge in [0.1, 0.15) is 0 Å². The fraction of sp³-hybridized carbons (Fsp3) is 0.400. The molecule has 102 valence electrons. The molecule has 2 N–H and O–H groups in total. The molecule has 0 heterocycles. The summed E-state index contributed by atoms with van der Waals surface area (Å²) in [5.74, 6) is 0. The summed E-state index contributed by atoms with van der Waals surface area (Å²) in [6, 6.07) is 11.6. The quantitative estimate of drug-likeness (QED) is 0.760. The van der Waals surface area contributed by atoms with Crippen molar-refractivity contribution < 1.29 is 10.2 Å². The molecular formula is C15H20N2O2. The SMILES string of the molecule is CN(CC(C)(CO)CO)/C(=C/C#N)c1ccccc1. The summed E-state index contributed by atoms with van der Waals surface area (Å²) in [5.41, 5.74) is 1.11. The van der Waals surface area contributed by atoms with Gasteiger partial charge in [-0.3, -0.25) is 0 Å². The van der Waals surface area contributed by atoms with E-state index in [4.69, 9.17) is 5.26 Å². The number of allylic oxidation sites excluding steroid dienone is 1. The maximum Gasteiger partial charge on any atom is 0.0933 e. The number of nitrogens with zero attached hydrogens (tertiary/aromatic N) is 2. The molecule has 0 aliphatic carbocycles. The molecule has 0 bridgehead atoms. The largest absolute Gasteiger partial charge is 0.396 e. The van der Waals surface area contributed by atoms with Gasteiger partial charge in [-0.15, -0.1) is 0 Å². The van der Waals surface area contributed by atoms with E-state index in [2.05, 4.69) is 0 Å². The molecule has 0 aromatic heterocycles. The molecule has 0 unspecified atom stereocenters. The van der Waals surface area contributed by atoms with Crippen LogP contribution in [0.3, 0.4) is 0 Å². The van der Waals surface area contributed by atoms with Gasteiger partial charge in [-0.1, -0.05) is 37.3 Å². The second-order valence-corrected chi connectivity index (χ2v) is 5.01. The molecule has 0 atom stereocenters. The normalized spacial score (nSPS) is 12.1. The molecule has 0 aliphatic rings. The van der Waals surface area contributed by atoms with E-state index >= 15 is 0 Å². The van der Waals surface area contributed by atoms with E-state index in [1.165, 1.54) is 6.08 Å². The highest BCUT2D eigenvalue weighted by molar-refractivity contribution is 5.65. The highest BCUT2D eigenvalue weighted by Gasteiger charge is 2.25. The average molecular weight is 260 g/mol. The first-order valence-corrected chi connectivity index (χ1v) is 6.14. The number of hydrogen-bond donors (Lipinski definition) is 2. The third-order valence-electron chi connectivity index (χ3n) is 3.06. The molecule has 0 spiro atoms. The average Bonchev–Trinajstić information content (AvgIpc) is 2.45. The first kappa shape index (κ1) is 15.2. The van der Waals surface area contributed by atoms with Crippen molar-refractivity contribution in [2.24, 2.45) is 5.41 Å². The van der Waals surface area contributed by atoms with Gasteiger partial charge >= 0.3 is 0 Å². The zero-order valence-electron chi connectivity index (χ0n) is 11.4. The molecule has 4 heteroatoms. The lowest BCUT2D eigenvalue weighted by molar-refractivity contribution is 0.0539. The summed E-state index contributed by atoms with van der Waals surface area (Å²) < 4.78 is 0. The van der Waals surface area contributed by atoms with Crippen molar-refractivity contribution in [2.45, 2.75) is 6.92 Å². The number of aliphatic hydroxyl groups is 2. The summed E-state index contributed by atoms with van der Waals surface area (Å²) in [6.07, 6.45) is 1.48. The fourth-order valence-corrected chi connectivity index (χ4v) is 1.89. The Labute approximate surface area is 114 Å². The maximum atomic E-state index is 9.35. The van der Waals surface area contributed by atoms with Crippen LogP contribution in [0.25, 0.3) is 5.70 Å². The maximum absolute atomic E-state index is 9.35. The first-order valence-electron chi connectivity index (χ1n) is 6.14. The van der Waals surface area contributed by atoms with E-state index in [9.17, 15) is 10.2 Å². The number of hydrogen-bond acceptors (Lipinski definition) is 4. The Morgan fingerprint density at radius 3 is 2.37 bits per heavy atom. The molecule has 1 rings (SSSR count). The third kappa shape index (κ3) is 4.09. The molecule has 1 aromatic carbocycles. The van der Waals surface area contributed by atoms with Crippen molar-refractivity contribution in [3.05, 3.63) is 42.0 Å². The third-order valence-corrected chi connectivity index (χ3v) is 3.06. The zero-order valence-corrected chi connectivity index (χ0v) is 11.4. The predicted molar refractivity (Wildman–Crippen MR) is 74.9 cm³/mol. The molecule has 4 nitrogen and oxygen atoms in total. The van der Waals surface area contributed by atoms with E-state index < -0.39 is 5.41 Å². The van der Waals surface area contributed by atoms with Crippen LogP contribution in [-0.2, 0) is 0 Å². The van der Waals surface area contributed by atoms with Crippen LogP contribution in [0.5, 0.6) is 0 Å². The standard InChI is InChI=1S/C15H20N2O2/c1-15(11-18,12-19)10-17(2)14(8-9-16)13-6-4-3-5-7-13/h3-8,18-19H,10-12H2,1-2H3/b14-8+. The van der Waals surface area contributed by atoms with Crippen LogP contribution in [-0.4, -0.2) is 41.9 Å². The first-order chi connectivity index (χ1) is 9.06. The number of aliphatic hydroxyl groups excluding tert-OH is 2. The molecule has 0 radical (unpaired) electrons. The van der Waals surface area contributed by atoms with Crippen LogP contribution in [0.4, 0.5) is 0 Å². The smallest absolute Gasteiger partial charge is 0.0933 e. The Balaban J connectivity index is 2.97. The van der Waals surface area contributed by atoms with E-state index in [0.717, 1.165) is 11.3 Å². The summed E-state index contributed by atoms with van der Waals surface area (Å²) in [6.45, 7) is 2.05. The van der Waals surface area contributed by atoms with Gasteiger partial charge in [0.2, 0.25) is 0 Å². The minimum Gasteiger partial charge on any atom is -0.396 e. The van der Waals surface area contributed by atoms with Crippen LogP contribution in [0.15, 0.2) is 36.4 Å². The lowest BCUT2D eigenvalue weighted by atomic mass is 9.92. The molecule has 0 amide bonds. The molecule has 19 heavy (non-hydrogen) atoms. The van der Waals surface area contributed by atoms with Gasteiger partial charge in [-0.2, -0.15) is 5.26 Å². The molecule has 0 saturated heterocycles. The van der Waals surface area contributed by atoms with Gasteiger partial charge in [-0.25, -0.2) is 0 Å². The van der Waals surface area contributed by atoms with Gasteiger partial charge in [0, 0.05) is 25.1 Å². The second-order valence-electron chi connectivity index (χ2n) is 5.01. The minimum absolute atomic E-state index is 0.109. The summed E-state index contributed by atoms with van der Waals surface area (Å²) in [5, 5.41) is 27.6. The molecule has 0 fully saturated rings. The Morgan fingerprint density at radius 2 is 1.89 bits per heavy atom. The molecule has 0 saturated carbocycles. The van der Waals surface area contributed by atoms with Crippen LogP contribution < -0.4 is 0 Å².